The summed E-state index contributed by atoms with van der Waals surface area (Å²) in [5, 5.41) is 7.12. The fraction of sp³-hybridized carbons (Fsp3) is 0.400. The first-order valence-corrected chi connectivity index (χ1v) is 7.16. The third-order valence-corrected chi connectivity index (χ3v) is 3.25. The molecule has 2 heterocycles. The Morgan fingerprint density at radius 2 is 2.05 bits per heavy atom. The number of aryl methyl sites for hydroxylation is 1. The van der Waals surface area contributed by atoms with E-state index >= 15 is 0 Å². The van der Waals surface area contributed by atoms with Crippen LogP contribution in [0.3, 0.4) is 0 Å². The number of pyridine rings is 1. The van der Waals surface area contributed by atoms with E-state index in [1.54, 1.807) is 23.5 Å². The van der Waals surface area contributed by atoms with Crippen LogP contribution in [0, 0.1) is 0 Å². The molecule has 0 bridgehead atoms. The molecule has 0 unspecified atom stereocenters. The zero-order chi connectivity index (χ0) is 15.1. The van der Waals surface area contributed by atoms with Gasteiger partial charge in [0.1, 0.15) is 0 Å². The van der Waals surface area contributed by atoms with Gasteiger partial charge in [-0.05, 0) is 31.5 Å². The Morgan fingerprint density at radius 1 is 1.29 bits per heavy atom. The molecule has 6 heteroatoms. The molecule has 0 aliphatic rings. The van der Waals surface area contributed by atoms with Gasteiger partial charge in [-0.25, -0.2) is 4.79 Å². The van der Waals surface area contributed by atoms with E-state index in [4.69, 9.17) is 0 Å². The Labute approximate surface area is 124 Å². The average Bonchev–Trinajstić information content (AvgIpc) is 2.99. The van der Waals surface area contributed by atoms with Crippen molar-refractivity contribution < 1.29 is 4.79 Å². The summed E-state index contributed by atoms with van der Waals surface area (Å²) in [4.78, 5) is 17.9. The number of carbonyl (C=O) groups excluding carboxylic acids is 1. The second kappa shape index (κ2) is 7.42. The molecule has 0 aliphatic carbocycles. The largest absolute Gasteiger partial charge is 0.334 e. The van der Waals surface area contributed by atoms with Gasteiger partial charge in [0.15, 0.2) is 0 Å². The lowest BCUT2D eigenvalue weighted by Crippen LogP contribution is -2.38. The second-order valence-corrected chi connectivity index (χ2v) is 4.73. The normalized spacial score (nSPS) is 10.4. The van der Waals surface area contributed by atoms with Crippen LogP contribution in [-0.2, 0) is 19.6 Å². The molecule has 6 nitrogen and oxygen atoms in total. The van der Waals surface area contributed by atoms with Gasteiger partial charge in [-0.1, -0.05) is 0 Å². The second-order valence-electron chi connectivity index (χ2n) is 4.73. The highest BCUT2D eigenvalue weighted by atomic mass is 16.2. The van der Waals surface area contributed by atoms with Crippen molar-refractivity contribution in [3.63, 3.8) is 0 Å². The Hall–Kier alpha value is -2.37. The van der Waals surface area contributed by atoms with Crippen LogP contribution < -0.4 is 5.32 Å². The van der Waals surface area contributed by atoms with Crippen LogP contribution in [-0.4, -0.2) is 32.2 Å². The van der Waals surface area contributed by atoms with Gasteiger partial charge in [0.25, 0.3) is 0 Å². The minimum absolute atomic E-state index is 0.0708. The molecule has 2 amide bonds. The summed E-state index contributed by atoms with van der Waals surface area (Å²) in [6, 6.07) is 3.76. The van der Waals surface area contributed by atoms with E-state index in [0.717, 1.165) is 17.7 Å². The quantitative estimate of drug-likeness (QED) is 0.884. The number of urea groups is 1. The molecule has 112 valence electrons. The van der Waals surface area contributed by atoms with Crippen molar-refractivity contribution >= 4 is 6.03 Å². The number of aromatic nitrogens is 3. The molecule has 2 rings (SSSR count). The molecule has 21 heavy (non-hydrogen) atoms. The van der Waals surface area contributed by atoms with Gasteiger partial charge in [-0.15, -0.1) is 0 Å². The molecule has 0 fully saturated rings. The fourth-order valence-electron chi connectivity index (χ4n) is 2.00. The molecule has 0 saturated heterocycles. The van der Waals surface area contributed by atoms with Gasteiger partial charge in [0.2, 0.25) is 0 Å². The number of hydrogen-bond acceptors (Lipinski definition) is 3. The molecule has 2 aromatic rings. The maximum atomic E-state index is 12.2. The summed E-state index contributed by atoms with van der Waals surface area (Å²) in [5.41, 5.74) is 2.07. The van der Waals surface area contributed by atoms with E-state index in [-0.39, 0.29) is 6.03 Å². The van der Waals surface area contributed by atoms with Gasteiger partial charge < -0.3 is 10.2 Å². The zero-order valence-electron chi connectivity index (χ0n) is 12.5. The first-order valence-electron chi connectivity index (χ1n) is 7.16. The fourth-order valence-corrected chi connectivity index (χ4v) is 2.00. The molecular weight excluding hydrogens is 266 g/mol. The van der Waals surface area contributed by atoms with Gasteiger partial charge in [0, 0.05) is 50.3 Å². The van der Waals surface area contributed by atoms with Gasteiger partial charge in [0.05, 0.1) is 6.20 Å². The standard InChI is InChI=1S/C15H21N5O/c1-3-19(11-13-5-7-16-8-6-13)15(21)17-9-14-10-18-20(4-2)12-14/h5-8,10,12H,3-4,9,11H2,1-2H3,(H,17,21). The smallest absolute Gasteiger partial charge is 0.317 e. The van der Waals surface area contributed by atoms with Crippen molar-refractivity contribution in [1.82, 2.24) is 25.0 Å². The van der Waals surface area contributed by atoms with E-state index < -0.39 is 0 Å². The maximum Gasteiger partial charge on any atom is 0.317 e. The lowest BCUT2D eigenvalue weighted by Gasteiger charge is -2.21. The van der Waals surface area contributed by atoms with Crippen molar-refractivity contribution in [2.24, 2.45) is 0 Å². The van der Waals surface area contributed by atoms with Gasteiger partial charge in [-0.2, -0.15) is 5.10 Å². The van der Waals surface area contributed by atoms with Crippen LogP contribution >= 0.6 is 0 Å². The lowest BCUT2D eigenvalue weighted by atomic mass is 10.2. The molecular formula is C15H21N5O. The number of carbonyl (C=O) groups is 1. The van der Waals surface area contributed by atoms with Crippen molar-refractivity contribution in [3.8, 4) is 0 Å². The summed E-state index contributed by atoms with van der Waals surface area (Å²) >= 11 is 0. The molecule has 0 saturated carbocycles. The third kappa shape index (κ3) is 4.30. The van der Waals surface area contributed by atoms with E-state index in [1.165, 1.54) is 0 Å². The highest BCUT2D eigenvalue weighted by Gasteiger charge is 2.11. The predicted molar refractivity (Wildman–Crippen MR) is 80.5 cm³/mol. The lowest BCUT2D eigenvalue weighted by molar-refractivity contribution is 0.197. The minimum atomic E-state index is -0.0708. The van der Waals surface area contributed by atoms with Crippen LogP contribution in [0.1, 0.15) is 25.0 Å². The van der Waals surface area contributed by atoms with E-state index in [1.807, 2.05) is 36.9 Å². The highest BCUT2D eigenvalue weighted by Crippen LogP contribution is 2.04. The van der Waals surface area contributed by atoms with Gasteiger partial charge in [-0.3, -0.25) is 9.67 Å². The van der Waals surface area contributed by atoms with Crippen molar-refractivity contribution in [1.29, 1.82) is 0 Å². The number of amides is 2. The molecule has 2 aromatic heterocycles. The molecule has 0 spiro atoms. The highest BCUT2D eigenvalue weighted by molar-refractivity contribution is 5.74. The molecule has 0 aromatic carbocycles. The average molecular weight is 287 g/mol. The molecule has 0 atom stereocenters. The number of nitrogens with one attached hydrogen (secondary N) is 1. The monoisotopic (exact) mass is 287 g/mol. The summed E-state index contributed by atoms with van der Waals surface area (Å²) in [7, 11) is 0. The first kappa shape index (κ1) is 15.0. The van der Waals surface area contributed by atoms with E-state index in [2.05, 4.69) is 15.4 Å². The summed E-state index contributed by atoms with van der Waals surface area (Å²) in [5.74, 6) is 0. The van der Waals surface area contributed by atoms with Crippen molar-refractivity contribution in [3.05, 3.63) is 48.0 Å². The first-order chi connectivity index (χ1) is 10.2. The van der Waals surface area contributed by atoms with Crippen LogP contribution in [0.4, 0.5) is 4.79 Å². The van der Waals surface area contributed by atoms with Crippen molar-refractivity contribution in [2.75, 3.05) is 6.54 Å². The summed E-state index contributed by atoms with van der Waals surface area (Å²) < 4.78 is 1.84. The maximum absolute atomic E-state index is 12.2. The Bertz CT molecular complexity index is 566. The van der Waals surface area contributed by atoms with Gasteiger partial charge >= 0.3 is 6.03 Å². The van der Waals surface area contributed by atoms with Crippen molar-refractivity contribution in [2.45, 2.75) is 33.5 Å². The summed E-state index contributed by atoms with van der Waals surface area (Å²) in [6.07, 6.45) is 7.20. The van der Waals surface area contributed by atoms with E-state index in [9.17, 15) is 4.79 Å². The molecule has 0 aliphatic heterocycles. The predicted octanol–water partition coefficient (Wildman–Crippen LogP) is 2.03. The minimum Gasteiger partial charge on any atom is -0.334 e. The van der Waals surface area contributed by atoms with Crippen LogP contribution in [0.25, 0.3) is 0 Å². The summed E-state index contributed by atoms with van der Waals surface area (Å²) in [6.45, 7) is 6.56. The van der Waals surface area contributed by atoms with E-state index in [0.29, 0.717) is 19.6 Å². The van der Waals surface area contributed by atoms with Crippen LogP contribution in [0.2, 0.25) is 0 Å². The SMILES string of the molecule is CCN(Cc1ccncc1)C(=O)NCc1cnn(CC)c1. The Morgan fingerprint density at radius 3 is 2.67 bits per heavy atom. The third-order valence-electron chi connectivity index (χ3n) is 3.25. The van der Waals surface area contributed by atoms with Crippen LogP contribution in [0.15, 0.2) is 36.9 Å². The number of rotatable bonds is 6. The zero-order valence-corrected chi connectivity index (χ0v) is 12.5. The topological polar surface area (TPSA) is 63.1 Å². The Balaban J connectivity index is 1.88. The molecule has 1 N–H and O–H groups in total. The number of hydrogen-bond donors (Lipinski definition) is 1. The Kier molecular flexibility index (Phi) is 5.31. The number of nitrogens with zero attached hydrogens (tertiary/aromatic N) is 4. The molecule has 0 radical (unpaired) electrons. The van der Waals surface area contributed by atoms with Crippen LogP contribution in [0.5, 0.6) is 0 Å².